The molecule has 3 heteroatoms. The third-order valence-corrected chi connectivity index (χ3v) is 4.54. The first-order valence-electron chi connectivity index (χ1n) is 6.28. The lowest BCUT2D eigenvalue weighted by molar-refractivity contribution is 0.394. The summed E-state index contributed by atoms with van der Waals surface area (Å²) in [5.74, 6) is 1.64. The molecule has 2 rings (SSSR count). The van der Waals surface area contributed by atoms with Crippen molar-refractivity contribution in [1.29, 1.82) is 0 Å². The summed E-state index contributed by atoms with van der Waals surface area (Å²) >= 11 is 1.82. The van der Waals surface area contributed by atoms with Crippen molar-refractivity contribution < 1.29 is 9.47 Å². The first kappa shape index (κ1) is 13.9. The van der Waals surface area contributed by atoms with Gasteiger partial charge in [0.25, 0.3) is 0 Å². The van der Waals surface area contributed by atoms with Crippen molar-refractivity contribution >= 4 is 11.3 Å². The summed E-state index contributed by atoms with van der Waals surface area (Å²) in [5, 5.41) is 0. The fourth-order valence-electron chi connectivity index (χ4n) is 1.85. The summed E-state index contributed by atoms with van der Waals surface area (Å²) in [4.78, 5) is 2.62. The fraction of sp³-hybridized carbons (Fsp3) is 0.375. The van der Waals surface area contributed by atoms with Gasteiger partial charge in [0.2, 0.25) is 0 Å². The van der Waals surface area contributed by atoms with Crippen LogP contribution in [0.4, 0.5) is 0 Å². The zero-order chi connectivity index (χ0) is 14.0. The Hall–Kier alpha value is -1.48. The number of thiophene rings is 1. The van der Waals surface area contributed by atoms with Crippen LogP contribution in [0.3, 0.4) is 0 Å². The van der Waals surface area contributed by atoms with Gasteiger partial charge in [-0.05, 0) is 35.2 Å². The van der Waals surface area contributed by atoms with E-state index in [-0.39, 0.29) is 5.41 Å². The summed E-state index contributed by atoms with van der Waals surface area (Å²) in [6, 6.07) is 10.3. The van der Waals surface area contributed by atoms with Crippen molar-refractivity contribution in [3.63, 3.8) is 0 Å². The minimum Gasteiger partial charge on any atom is -0.497 e. The molecule has 2 aromatic rings. The number of hydrogen-bond acceptors (Lipinski definition) is 3. The summed E-state index contributed by atoms with van der Waals surface area (Å²) in [7, 11) is 3.35. The third-order valence-electron chi connectivity index (χ3n) is 2.98. The molecule has 0 aliphatic rings. The lowest BCUT2D eigenvalue weighted by Gasteiger charge is -2.15. The van der Waals surface area contributed by atoms with Crippen molar-refractivity contribution in [2.24, 2.45) is 0 Å². The van der Waals surface area contributed by atoms with Gasteiger partial charge in [0.1, 0.15) is 11.5 Å². The van der Waals surface area contributed by atoms with Crippen molar-refractivity contribution in [2.45, 2.75) is 26.2 Å². The lowest BCUT2D eigenvalue weighted by Crippen LogP contribution is -2.07. The molecule has 1 aromatic carbocycles. The number of benzene rings is 1. The number of hydrogen-bond donors (Lipinski definition) is 0. The third kappa shape index (κ3) is 3.10. The van der Waals surface area contributed by atoms with Gasteiger partial charge < -0.3 is 9.47 Å². The minimum absolute atomic E-state index is 0.186. The SMILES string of the molecule is COc1cc(OC)cc(-c2ccc(C(C)(C)C)s2)c1. The van der Waals surface area contributed by atoms with Crippen LogP contribution in [0, 0.1) is 0 Å². The van der Waals surface area contributed by atoms with Crippen LogP contribution in [-0.2, 0) is 5.41 Å². The van der Waals surface area contributed by atoms with E-state index in [1.54, 1.807) is 14.2 Å². The Labute approximate surface area is 119 Å². The van der Waals surface area contributed by atoms with Crippen LogP contribution in [-0.4, -0.2) is 14.2 Å². The molecule has 0 aliphatic heterocycles. The molecule has 1 heterocycles. The molecule has 0 fully saturated rings. The van der Waals surface area contributed by atoms with Crippen molar-refractivity contribution in [2.75, 3.05) is 14.2 Å². The van der Waals surface area contributed by atoms with E-state index in [0.29, 0.717) is 0 Å². The summed E-state index contributed by atoms with van der Waals surface area (Å²) in [6.07, 6.45) is 0. The first-order valence-corrected chi connectivity index (χ1v) is 7.09. The Morgan fingerprint density at radius 3 is 1.89 bits per heavy atom. The molecule has 0 spiro atoms. The summed E-state index contributed by atoms with van der Waals surface area (Å²) < 4.78 is 10.6. The highest BCUT2D eigenvalue weighted by Crippen LogP contribution is 2.37. The van der Waals surface area contributed by atoms with Crippen molar-refractivity contribution in [3.8, 4) is 21.9 Å². The second kappa shape index (κ2) is 5.25. The smallest absolute Gasteiger partial charge is 0.123 e. The highest BCUT2D eigenvalue weighted by Gasteiger charge is 2.17. The van der Waals surface area contributed by atoms with Gasteiger partial charge in [-0.3, -0.25) is 0 Å². The van der Waals surface area contributed by atoms with Crippen LogP contribution in [0.15, 0.2) is 30.3 Å². The highest BCUT2D eigenvalue weighted by atomic mass is 32.1. The zero-order valence-electron chi connectivity index (χ0n) is 12.1. The molecule has 0 amide bonds. The van der Waals surface area contributed by atoms with Gasteiger partial charge in [0.05, 0.1) is 14.2 Å². The van der Waals surface area contributed by atoms with E-state index < -0.39 is 0 Å². The Kier molecular flexibility index (Phi) is 3.85. The van der Waals surface area contributed by atoms with Crippen LogP contribution >= 0.6 is 11.3 Å². The zero-order valence-corrected chi connectivity index (χ0v) is 12.9. The molecule has 0 aliphatic carbocycles. The number of ether oxygens (including phenoxy) is 2. The molecule has 102 valence electrons. The molecule has 0 atom stereocenters. The van der Waals surface area contributed by atoms with Gasteiger partial charge in [-0.15, -0.1) is 11.3 Å². The van der Waals surface area contributed by atoms with Gasteiger partial charge in [0.15, 0.2) is 0 Å². The predicted molar refractivity (Wildman–Crippen MR) is 81.6 cm³/mol. The molecule has 0 bridgehead atoms. The molecular weight excluding hydrogens is 256 g/mol. The molecule has 0 radical (unpaired) electrons. The lowest BCUT2D eigenvalue weighted by atomic mass is 9.95. The Morgan fingerprint density at radius 2 is 1.47 bits per heavy atom. The molecule has 0 unspecified atom stereocenters. The van der Waals surface area contributed by atoms with E-state index in [1.807, 2.05) is 29.5 Å². The maximum Gasteiger partial charge on any atom is 0.123 e. The van der Waals surface area contributed by atoms with Crippen molar-refractivity contribution in [3.05, 3.63) is 35.2 Å². The van der Waals surface area contributed by atoms with Gasteiger partial charge in [-0.2, -0.15) is 0 Å². The van der Waals surface area contributed by atoms with Crippen LogP contribution in [0.2, 0.25) is 0 Å². The molecule has 0 saturated carbocycles. The van der Waals surface area contributed by atoms with Crippen molar-refractivity contribution in [1.82, 2.24) is 0 Å². The van der Waals surface area contributed by atoms with E-state index in [0.717, 1.165) is 17.1 Å². The summed E-state index contributed by atoms with van der Waals surface area (Å²) in [5.41, 5.74) is 1.32. The van der Waals surface area contributed by atoms with E-state index >= 15 is 0 Å². The second-order valence-electron chi connectivity index (χ2n) is 5.52. The van der Waals surface area contributed by atoms with Gasteiger partial charge in [-0.25, -0.2) is 0 Å². The van der Waals surface area contributed by atoms with Gasteiger partial charge in [0, 0.05) is 15.8 Å². The molecule has 19 heavy (non-hydrogen) atoms. The average molecular weight is 276 g/mol. The highest BCUT2D eigenvalue weighted by molar-refractivity contribution is 7.15. The molecule has 0 N–H and O–H groups in total. The number of rotatable bonds is 3. The van der Waals surface area contributed by atoms with Gasteiger partial charge >= 0.3 is 0 Å². The Morgan fingerprint density at radius 1 is 0.895 bits per heavy atom. The minimum atomic E-state index is 0.186. The van der Waals surface area contributed by atoms with Crippen LogP contribution in [0.25, 0.3) is 10.4 Å². The topological polar surface area (TPSA) is 18.5 Å². The number of methoxy groups -OCH3 is 2. The molecule has 1 aromatic heterocycles. The van der Waals surface area contributed by atoms with E-state index in [1.165, 1.54) is 9.75 Å². The van der Waals surface area contributed by atoms with Crippen LogP contribution < -0.4 is 9.47 Å². The van der Waals surface area contributed by atoms with Crippen LogP contribution in [0.5, 0.6) is 11.5 Å². The van der Waals surface area contributed by atoms with E-state index in [4.69, 9.17) is 9.47 Å². The molecule has 2 nitrogen and oxygen atoms in total. The standard InChI is InChI=1S/C16H20O2S/c1-16(2,3)15-7-6-14(19-15)11-8-12(17-4)10-13(9-11)18-5/h6-10H,1-5H3. The molecular formula is C16H20O2S. The Bertz CT molecular complexity index is 542. The predicted octanol–water partition coefficient (Wildman–Crippen LogP) is 4.73. The largest absolute Gasteiger partial charge is 0.497 e. The second-order valence-corrected chi connectivity index (χ2v) is 6.60. The molecule has 0 saturated heterocycles. The fourth-order valence-corrected chi connectivity index (χ4v) is 2.90. The normalized spacial score (nSPS) is 11.4. The average Bonchev–Trinajstić information content (AvgIpc) is 2.87. The van der Waals surface area contributed by atoms with E-state index in [9.17, 15) is 0 Å². The quantitative estimate of drug-likeness (QED) is 0.807. The van der Waals surface area contributed by atoms with Crippen LogP contribution in [0.1, 0.15) is 25.6 Å². The van der Waals surface area contributed by atoms with Gasteiger partial charge in [-0.1, -0.05) is 20.8 Å². The summed E-state index contributed by atoms with van der Waals surface area (Å²) in [6.45, 7) is 6.69. The first-order chi connectivity index (χ1) is 8.94. The van der Waals surface area contributed by atoms with E-state index in [2.05, 4.69) is 32.9 Å². The monoisotopic (exact) mass is 276 g/mol. The maximum absolute atomic E-state index is 5.32. The Balaban J connectivity index is 2.43. The maximum atomic E-state index is 5.32.